The second-order valence-electron chi connectivity index (χ2n) is 1.92. The molecule has 0 aliphatic rings. The van der Waals surface area contributed by atoms with E-state index in [4.69, 9.17) is 30.0 Å². The van der Waals surface area contributed by atoms with Gasteiger partial charge < -0.3 is 20.4 Å². The van der Waals surface area contributed by atoms with Gasteiger partial charge in [0.15, 0.2) is 0 Å². The fraction of sp³-hybridized carbons (Fsp3) is 0.500. The van der Waals surface area contributed by atoms with Crippen LogP contribution in [0.1, 0.15) is 26.7 Å². The molecule has 0 saturated carbocycles. The minimum absolute atomic E-state index is 1.23. The summed E-state index contributed by atoms with van der Waals surface area (Å²) in [6.45, 7) is 4.23. The summed E-state index contributed by atoms with van der Waals surface area (Å²) in [7, 11) is 0. The van der Waals surface area contributed by atoms with Crippen molar-refractivity contribution in [3.05, 3.63) is 12.2 Å². The molecule has 0 unspecified atom stereocenters. The molecular weight excluding hydrogens is 192 g/mol. The minimum atomic E-state index is -1.83. The summed E-state index contributed by atoms with van der Waals surface area (Å²) in [5.74, 6) is 0. The van der Waals surface area contributed by atoms with Crippen LogP contribution >= 0.6 is 0 Å². The molecule has 14 heavy (non-hydrogen) atoms. The molecule has 0 fully saturated rings. The third-order valence-corrected chi connectivity index (χ3v) is 0.691. The van der Waals surface area contributed by atoms with Gasteiger partial charge >= 0.3 is 12.3 Å². The van der Waals surface area contributed by atoms with E-state index < -0.39 is 12.3 Å². The highest BCUT2D eigenvalue weighted by Crippen LogP contribution is 1.85. The Kier molecular flexibility index (Phi) is 22.5. The Morgan fingerprint density at radius 1 is 1.07 bits per heavy atom. The van der Waals surface area contributed by atoms with Crippen LogP contribution in [0.5, 0.6) is 0 Å². The molecule has 0 amide bonds. The molecule has 84 valence electrons. The van der Waals surface area contributed by atoms with E-state index in [0.29, 0.717) is 0 Å². The minimum Gasteiger partial charge on any atom is -0.450 e. The number of carbonyl (C=O) groups is 2. The van der Waals surface area contributed by atoms with E-state index in [1.165, 1.54) is 12.8 Å². The monoisotopic (exact) mass is 208 g/mol. The van der Waals surface area contributed by atoms with Gasteiger partial charge in [-0.15, -0.1) is 0 Å². The lowest BCUT2D eigenvalue weighted by molar-refractivity contribution is 0.135. The summed E-state index contributed by atoms with van der Waals surface area (Å²) < 4.78 is 0. The van der Waals surface area contributed by atoms with Crippen molar-refractivity contribution in [2.75, 3.05) is 0 Å². The Balaban J connectivity index is -0.000000135. The first kappa shape index (κ1) is 18.1. The highest BCUT2D eigenvalue weighted by molar-refractivity contribution is 5.53. The number of unbranched alkanes of at least 4 members (excludes halogenated alkanes) is 1. The maximum absolute atomic E-state index is 8.56. The molecule has 0 bridgehead atoms. The summed E-state index contributed by atoms with van der Waals surface area (Å²) in [6.07, 6.45) is 3.10. The Bertz CT molecular complexity index is 143. The van der Waals surface area contributed by atoms with Gasteiger partial charge in [-0.1, -0.05) is 25.5 Å². The maximum atomic E-state index is 8.56. The lowest BCUT2D eigenvalue weighted by Gasteiger charge is -1.76. The second-order valence-corrected chi connectivity index (χ2v) is 1.92. The summed E-state index contributed by atoms with van der Waals surface area (Å²) in [5.41, 5.74) is 0. The van der Waals surface area contributed by atoms with Crippen molar-refractivity contribution in [1.29, 1.82) is 0 Å². The molecule has 6 nitrogen and oxygen atoms in total. The standard InChI is InChI=1S/C6H12.2CH2O3/c1-3-5-6-4-2;2*2-1(3)4/h3,5H,4,6H2,1-2H3;2*(H2,2,3,4). The van der Waals surface area contributed by atoms with Crippen LogP contribution in [0.2, 0.25) is 0 Å². The average molecular weight is 208 g/mol. The van der Waals surface area contributed by atoms with Gasteiger partial charge in [0.1, 0.15) is 0 Å². The van der Waals surface area contributed by atoms with E-state index in [0.717, 1.165) is 0 Å². The lowest BCUT2D eigenvalue weighted by Crippen LogP contribution is -1.81. The Labute approximate surface area is 82.1 Å². The van der Waals surface area contributed by atoms with Crippen LogP contribution in [-0.4, -0.2) is 32.7 Å². The molecule has 0 aromatic carbocycles. The van der Waals surface area contributed by atoms with Crippen LogP contribution in [0.15, 0.2) is 12.2 Å². The zero-order valence-corrected chi connectivity index (χ0v) is 8.17. The molecule has 0 radical (unpaired) electrons. The van der Waals surface area contributed by atoms with Gasteiger partial charge in [0, 0.05) is 0 Å². The highest BCUT2D eigenvalue weighted by atomic mass is 16.6. The summed E-state index contributed by atoms with van der Waals surface area (Å²) in [6, 6.07) is 0. The number of hydrogen-bond donors (Lipinski definition) is 4. The molecule has 0 spiro atoms. The van der Waals surface area contributed by atoms with E-state index in [9.17, 15) is 0 Å². The van der Waals surface area contributed by atoms with Gasteiger partial charge in [-0.3, -0.25) is 0 Å². The molecule has 0 rings (SSSR count). The summed E-state index contributed by atoms with van der Waals surface area (Å²) in [5, 5.41) is 27.9. The molecule has 0 aliphatic heterocycles. The third kappa shape index (κ3) is 540. The predicted octanol–water partition coefficient (Wildman–Crippen LogP) is 2.81. The van der Waals surface area contributed by atoms with E-state index in [2.05, 4.69) is 26.0 Å². The summed E-state index contributed by atoms with van der Waals surface area (Å²) in [4.78, 5) is 17.1. The van der Waals surface area contributed by atoms with Gasteiger partial charge in [0.05, 0.1) is 0 Å². The number of carboxylic acid groups (broad SMARTS) is 4. The fourth-order valence-electron chi connectivity index (χ4n) is 0.333. The highest BCUT2D eigenvalue weighted by Gasteiger charge is 1.70. The quantitative estimate of drug-likeness (QED) is 0.518. The Morgan fingerprint density at radius 3 is 1.43 bits per heavy atom. The van der Waals surface area contributed by atoms with Crippen LogP contribution in [0, 0.1) is 0 Å². The van der Waals surface area contributed by atoms with Crippen LogP contribution in [0.3, 0.4) is 0 Å². The molecule has 0 heterocycles. The molecule has 0 aliphatic carbocycles. The van der Waals surface area contributed by atoms with Gasteiger partial charge in [-0.2, -0.15) is 0 Å². The molecule has 4 N–H and O–H groups in total. The molecule has 0 aromatic rings. The van der Waals surface area contributed by atoms with Crippen molar-refractivity contribution < 1.29 is 30.0 Å². The van der Waals surface area contributed by atoms with Crippen LogP contribution in [0.4, 0.5) is 9.59 Å². The van der Waals surface area contributed by atoms with Crippen LogP contribution in [0.25, 0.3) is 0 Å². The second kappa shape index (κ2) is 17.4. The zero-order chi connectivity index (χ0) is 12.0. The molecule has 0 saturated heterocycles. The average Bonchev–Trinajstić information content (AvgIpc) is 1.98. The van der Waals surface area contributed by atoms with E-state index >= 15 is 0 Å². The topological polar surface area (TPSA) is 115 Å². The maximum Gasteiger partial charge on any atom is 0.503 e. The Hall–Kier alpha value is -1.72. The molecule has 6 heteroatoms. The van der Waals surface area contributed by atoms with Crippen molar-refractivity contribution in [3.63, 3.8) is 0 Å². The van der Waals surface area contributed by atoms with E-state index in [1.54, 1.807) is 0 Å². The van der Waals surface area contributed by atoms with Crippen LogP contribution in [-0.2, 0) is 0 Å². The first-order chi connectivity index (χ1) is 6.38. The number of rotatable bonds is 2. The van der Waals surface area contributed by atoms with Gasteiger partial charge in [-0.05, 0) is 13.3 Å². The molecule has 0 atom stereocenters. The number of hydrogen-bond acceptors (Lipinski definition) is 2. The number of allylic oxidation sites excluding steroid dienone is 2. The predicted molar refractivity (Wildman–Crippen MR) is 51.0 cm³/mol. The van der Waals surface area contributed by atoms with Crippen molar-refractivity contribution >= 4 is 12.3 Å². The fourth-order valence-corrected chi connectivity index (χ4v) is 0.333. The Morgan fingerprint density at radius 2 is 1.36 bits per heavy atom. The van der Waals surface area contributed by atoms with Crippen molar-refractivity contribution in [1.82, 2.24) is 0 Å². The van der Waals surface area contributed by atoms with Crippen molar-refractivity contribution in [2.24, 2.45) is 0 Å². The van der Waals surface area contributed by atoms with Gasteiger partial charge in [-0.25, -0.2) is 9.59 Å². The van der Waals surface area contributed by atoms with Crippen molar-refractivity contribution in [3.8, 4) is 0 Å². The van der Waals surface area contributed by atoms with E-state index in [-0.39, 0.29) is 0 Å². The zero-order valence-electron chi connectivity index (χ0n) is 8.17. The third-order valence-electron chi connectivity index (χ3n) is 0.691. The molecule has 0 aromatic heterocycles. The normalized spacial score (nSPS) is 7.86. The summed E-state index contributed by atoms with van der Waals surface area (Å²) >= 11 is 0. The van der Waals surface area contributed by atoms with Crippen molar-refractivity contribution in [2.45, 2.75) is 26.7 Å². The van der Waals surface area contributed by atoms with Gasteiger partial charge in [0.25, 0.3) is 0 Å². The smallest absolute Gasteiger partial charge is 0.450 e. The van der Waals surface area contributed by atoms with Gasteiger partial charge in [0.2, 0.25) is 0 Å². The SMILES string of the molecule is CC=CCCC.O=C(O)O.O=C(O)O. The first-order valence-corrected chi connectivity index (χ1v) is 3.83. The largest absolute Gasteiger partial charge is 0.503 e. The van der Waals surface area contributed by atoms with E-state index in [1.807, 2.05) is 0 Å². The molecular formula is C8H16O6. The lowest BCUT2D eigenvalue weighted by atomic mass is 10.3. The van der Waals surface area contributed by atoms with Crippen LogP contribution < -0.4 is 0 Å². The first-order valence-electron chi connectivity index (χ1n) is 3.83.